The van der Waals surface area contributed by atoms with Crippen molar-refractivity contribution in [2.75, 3.05) is 13.2 Å². The summed E-state index contributed by atoms with van der Waals surface area (Å²) in [5, 5.41) is 9.02. The predicted molar refractivity (Wildman–Crippen MR) is 119 cm³/mol. The van der Waals surface area contributed by atoms with Crippen molar-refractivity contribution < 1.29 is 19.4 Å². The topological polar surface area (TPSA) is 55.8 Å². The maximum absolute atomic E-state index is 11.9. The molecule has 0 aliphatic rings. The Labute approximate surface area is 177 Å². The van der Waals surface area contributed by atoms with Crippen LogP contribution < -0.4 is 4.74 Å². The van der Waals surface area contributed by atoms with Crippen LogP contribution in [-0.2, 0) is 16.1 Å². The summed E-state index contributed by atoms with van der Waals surface area (Å²) in [4.78, 5) is 11.9. The van der Waals surface area contributed by atoms with Crippen molar-refractivity contribution in [3.05, 3.63) is 90.0 Å². The van der Waals surface area contributed by atoms with Crippen molar-refractivity contribution in [1.82, 2.24) is 0 Å². The molecule has 0 aliphatic carbocycles. The molecule has 0 saturated heterocycles. The first-order valence-corrected chi connectivity index (χ1v) is 9.85. The summed E-state index contributed by atoms with van der Waals surface area (Å²) in [6.07, 6.45) is 0. The normalized spacial score (nSPS) is 10.5. The van der Waals surface area contributed by atoms with E-state index in [9.17, 15) is 4.79 Å². The van der Waals surface area contributed by atoms with Crippen LogP contribution in [-0.4, -0.2) is 24.3 Å². The zero-order valence-electron chi connectivity index (χ0n) is 17.4. The SMILES string of the molecule is C=C(C)C(=O)OCc1cc(OCCO)ccc1-c1ccc(-c2ccccc2)cc1C. The van der Waals surface area contributed by atoms with Gasteiger partial charge in [-0.1, -0.05) is 61.2 Å². The monoisotopic (exact) mass is 402 g/mol. The molecule has 0 unspecified atom stereocenters. The number of aliphatic hydroxyl groups is 1. The third-order valence-electron chi connectivity index (χ3n) is 4.77. The van der Waals surface area contributed by atoms with Gasteiger partial charge in [0, 0.05) is 11.1 Å². The van der Waals surface area contributed by atoms with Gasteiger partial charge in [0.05, 0.1) is 6.61 Å². The van der Waals surface area contributed by atoms with Crippen LogP contribution in [0.15, 0.2) is 78.9 Å². The first kappa shape index (κ1) is 21.3. The molecule has 0 bridgehead atoms. The van der Waals surface area contributed by atoms with E-state index in [1.165, 1.54) is 0 Å². The molecule has 3 aromatic rings. The quantitative estimate of drug-likeness (QED) is 0.409. The van der Waals surface area contributed by atoms with Crippen molar-refractivity contribution in [1.29, 1.82) is 0 Å². The third-order valence-corrected chi connectivity index (χ3v) is 4.77. The van der Waals surface area contributed by atoms with E-state index >= 15 is 0 Å². The average molecular weight is 402 g/mol. The van der Waals surface area contributed by atoms with Crippen LogP contribution in [0.1, 0.15) is 18.1 Å². The maximum Gasteiger partial charge on any atom is 0.333 e. The van der Waals surface area contributed by atoms with Crippen LogP contribution in [0, 0.1) is 6.92 Å². The molecular weight excluding hydrogens is 376 g/mol. The van der Waals surface area contributed by atoms with E-state index in [4.69, 9.17) is 14.6 Å². The van der Waals surface area contributed by atoms with Gasteiger partial charge in [-0.3, -0.25) is 0 Å². The van der Waals surface area contributed by atoms with Gasteiger partial charge < -0.3 is 14.6 Å². The van der Waals surface area contributed by atoms with Crippen LogP contribution in [0.2, 0.25) is 0 Å². The lowest BCUT2D eigenvalue weighted by atomic mass is 9.93. The Morgan fingerprint density at radius 3 is 2.37 bits per heavy atom. The van der Waals surface area contributed by atoms with Crippen LogP contribution >= 0.6 is 0 Å². The standard InChI is InChI=1S/C26H26O4/c1-18(2)26(28)30-17-22-16-23(29-14-13-27)10-12-25(22)24-11-9-21(15-19(24)3)20-7-5-4-6-8-20/h4-12,15-16,27H,1,13-14,17H2,2-3H3. The fourth-order valence-electron chi connectivity index (χ4n) is 3.25. The molecule has 0 aromatic heterocycles. The molecule has 4 nitrogen and oxygen atoms in total. The summed E-state index contributed by atoms with van der Waals surface area (Å²) in [7, 11) is 0. The Hall–Kier alpha value is -3.37. The van der Waals surface area contributed by atoms with Crippen LogP contribution in [0.4, 0.5) is 0 Å². The number of benzene rings is 3. The predicted octanol–water partition coefficient (Wildman–Crippen LogP) is 5.32. The summed E-state index contributed by atoms with van der Waals surface area (Å²) in [6, 6.07) is 22.2. The van der Waals surface area contributed by atoms with Gasteiger partial charge >= 0.3 is 5.97 Å². The number of rotatable bonds is 8. The highest BCUT2D eigenvalue weighted by molar-refractivity contribution is 5.87. The van der Waals surface area contributed by atoms with E-state index in [0.29, 0.717) is 11.3 Å². The molecule has 1 N–H and O–H groups in total. The molecule has 0 spiro atoms. The third kappa shape index (κ3) is 5.16. The Bertz CT molecular complexity index is 1040. The minimum absolute atomic E-state index is 0.0677. The number of aryl methyl sites for hydroxylation is 1. The zero-order chi connectivity index (χ0) is 21.5. The van der Waals surface area contributed by atoms with E-state index in [1.807, 2.05) is 36.4 Å². The molecule has 0 amide bonds. The second-order valence-electron chi connectivity index (χ2n) is 7.14. The van der Waals surface area contributed by atoms with E-state index in [0.717, 1.165) is 33.4 Å². The summed E-state index contributed by atoms with van der Waals surface area (Å²) in [5.74, 6) is 0.187. The molecule has 4 heteroatoms. The van der Waals surface area contributed by atoms with Gasteiger partial charge in [0.15, 0.2) is 0 Å². The fraction of sp³-hybridized carbons (Fsp3) is 0.192. The van der Waals surface area contributed by atoms with Gasteiger partial charge in [0.2, 0.25) is 0 Å². The number of ether oxygens (including phenoxy) is 2. The second-order valence-corrected chi connectivity index (χ2v) is 7.14. The molecule has 3 rings (SSSR count). The van der Waals surface area contributed by atoms with Crippen molar-refractivity contribution >= 4 is 5.97 Å². The van der Waals surface area contributed by atoms with E-state index in [2.05, 4.69) is 43.8 Å². The number of hydrogen-bond donors (Lipinski definition) is 1. The molecule has 0 atom stereocenters. The smallest absolute Gasteiger partial charge is 0.333 e. The van der Waals surface area contributed by atoms with Gasteiger partial charge in [-0.25, -0.2) is 4.79 Å². The summed E-state index contributed by atoms with van der Waals surface area (Å²) >= 11 is 0. The highest BCUT2D eigenvalue weighted by atomic mass is 16.5. The van der Waals surface area contributed by atoms with Gasteiger partial charge in [0.1, 0.15) is 19.0 Å². The first-order valence-electron chi connectivity index (χ1n) is 9.85. The van der Waals surface area contributed by atoms with Crippen molar-refractivity contribution in [3.63, 3.8) is 0 Å². The zero-order valence-corrected chi connectivity index (χ0v) is 17.4. The highest BCUT2D eigenvalue weighted by Gasteiger charge is 2.13. The van der Waals surface area contributed by atoms with Gasteiger partial charge in [0.25, 0.3) is 0 Å². The number of aliphatic hydroxyl groups excluding tert-OH is 1. The minimum Gasteiger partial charge on any atom is -0.491 e. The summed E-state index contributed by atoms with van der Waals surface area (Å²) in [5.41, 5.74) is 6.64. The van der Waals surface area contributed by atoms with Crippen molar-refractivity contribution in [3.8, 4) is 28.0 Å². The van der Waals surface area contributed by atoms with Crippen LogP contribution in [0.5, 0.6) is 5.75 Å². The Kier molecular flexibility index (Phi) is 7.04. The molecule has 0 aliphatic heterocycles. The largest absolute Gasteiger partial charge is 0.491 e. The molecule has 154 valence electrons. The second kappa shape index (κ2) is 9.90. The van der Waals surface area contributed by atoms with Crippen molar-refractivity contribution in [2.24, 2.45) is 0 Å². The molecule has 30 heavy (non-hydrogen) atoms. The molecule has 0 saturated carbocycles. The molecule has 3 aromatic carbocycles. The minimum atomic E-state index is -0.432. The number of esters is 1. The highest BCUT2D eigenvalue weighted by Crippen LogP contribution is 2.33. The first-order chi connectivity index (χ1) is 14.5. The van der Waals surface area contributed by atoms with E-state index in [1.54, 1.807) is 6.92 Å². The Balaban J connectivity index is 1.96. The number of hydrogen-bond acceptors (Lipinski definition) is 4. The van der Waals surface area contributed by atoms with Gasteiger partial charge in [-0.15, -0.1) is 0 Å². The van der Waals surface area contributed by atoms with E-state index in [-0.39, 0.29) is 19.8 Å². The number of carbonyl (C=O) groups is 1. The summed E-state index contributed by atoms with van der Waals surface area (Å²) in [6.45, 7) is 7.57. The fourth-order valence-corrected chi connectivity index (χ4v) is 3.25. The molecule has 0 radical (unpaired) electrons. The van der Waals surface area contributed by atoms with Gasteiger partial charge in [-0.05, 0) is 53.8 Å². The molecule has 0 fully saturated rings. The van der Waals surface area contributed by atoms with E-state index < -0.39 is 5.97 Å². The van der Waals surface area contributed by atoms with Crippen LogP contribution in [0.3, 0.4) is 0 Å². The lowest BCUT2D eigenvalue weighted by molar-refractivity contribution is -0.140. The lowest BCUT2D eigenvalue weighted by Crippen LogP contribution is -2.07. The Morgan fingerprint density at radius 1 is 0.967 bits per heavy atom. The lowest BCUT2D eigenvalue weighted by Gasteiger charge is -2.16. The maximum atomic E-state index is 11.9. The molecule has 0 heterocycles. The Morgan fingerprint density at radius 2 is 1.70 bits per heavy atom. The average Bonchev–Trinajstić information content (AvgIpc) is 2.76. The van der Waals surface area contributed by atoms with Gasteiger partial charge in [-0.2, -0.15) is 0 Å². The number of carbonyl (C=O) groups excluding carboxylic acids is 1. The molecular formula is C26H26O4. The van der Waals surface area contributed by atoms with Crippen LogP contribution in [0.25, 0.3) is 22.3 Å². The summed E-state index contributed by atoms with van der Waals surface area (Å²) < 4.78 is 10.9. The van der Waals surface area contributed by atoms with Crippen molar-refractivity contribution in [2.45, 2.75) is 20.5 Å².